The number of fused-ring (bicyclic) bond motifs is 4. The van der Waals surface area contributed by atoms with Crippen LogP contribution in [0.2, 0.25) is 0 Å². The highest BCUT2D eigenvalue weighted by Crippen LogP contribution is 2.41. The van der Waals surface area contributed by atoms with Crippen LogP contribution in [0.15, 0.2) is 245 Å². The second-order valence-corrected chi connectivity index (χ2v) is 38.0. The zero-order chi connectivity index (χ0) is 83.8. The number of hydrogen-bond donors (Lipinski definition) is 0. The molecule has 0 fully saturated rings. The van der Waals surface area contributed by atoms with Crippen LogP contribution >= 0.6 is 0 Å². The van der Waals surface area contributed by atoms with Gasteiger partial charge in [0, 0.05) is 206 Å². The Bertz CT molecular complexity index is 6190. The Hall–Kier alpha value is -10.6. The fourth-order valence-electron chi connectivity index (χ4n) is 14.7. The Morgan fingerprint density at radius 1 is 0.342 bits per heavy atom. The van der Waals surface area contributed by atoms with Gasteiger partial charge in [-0.3, -0.25) is 0 Å². The van der Waals surface area contributed by atoms with Crippen molar-refractivity contribution in [3.05, 3.63) is 259 Å². The number of likely N-dealkylation sites (N-methyl/N-ethyl adjacent to an activating group) is 4. The molecule has 12 aromatic rings. The lowest BCUT2D eigenvalue weighted by molar-refractivity contribution is -0.137. The van der Waals surface area contributed by atoms with Crippen molar-refractivity contribution < 1.29 is 51.2 Å². The van der Waals surface area contributed by atoms with Gasteiger partial charge in [0.2, 0.25) is 0 Å². The molecule has 117 heavy (non-hydrogen) atoms. The number of para-hydroxylation sites is 1. The summed E-state index contributed by atoms with van der Waals surface area (Å²) in [6.45, 7) is 6.74. The summed E-state index contributed by atoms with van der Waals surface area (Å²) < 4.78 is 167. The van der Waals surface area contributed by atoms with Crippen molar-refractivity contribution in [2.45, 2.75) is 51.4 Å². The molecule has 0 saturated heterocycles. The topological polar surface area (TPSA) is 195 Å². The van der Waals surface area contributed by atoms with Gasteiger partial charge in [0.15, 0.2) is 5.65 Å². The molecule has 0 amide bonds. The molecular weight excluding hydrogens is 1570 g/mol. The largest absolute Gasteiger partial charge is 0.416 e. The maximum atomic E-state index is 14.0. The Morgan fingerprint density at radius 2 is 0.658 bits per heavy atom. The smallest absolute Gasteiger partial charge is 0.378 e. The highest BCUT2D eigenvalue weighted by atomic mass is 32.2. The van der Waals surface area contributed by atoms with E-state index in [4.69, 9.17) is 0 Å². The molecule has 29 heteroatoms. The highest BCUT2D eigenvalue weighted by molar-refractivity contribution is 7.91. The predicted molar refractivity (Wildman–Crippen MR) is 464 cm³/mol. The molecule has 0 saturated carbocycles. The van der Waals surface area contributed by atoms with E-state index in [1.165, 1.54) is 59.6 Å². The van der Waals surface area contributed by atoms with Crippen LogP contribution in [0.5, 0.6) is 0 Å². The molecule has 9 heterocycles. The average Bonchev–Trinajstić information content (AvgIpc) is 1.62. The molecule has 614 valence electrons. The fraction of sp³-hybridized carbons (Fsp3) is 0.284. The lowest BCUT2D eigenvalue weighted by atomic mass is 9.98. The summed E-state index contributed by atoms with van der Waals surface area (Å²) in [6, 6.07) is 46.4. The number of halogens is 4. The van der Waals surface area contributed by atoms with Crippen molar-refractivity contribution in [3.8, 4) is 0 Å². The van der Waals surface area contributed by atoms with Crippen LogP contribution in [-0.4, -0.2) is 211 Å². The van der Waals surface area contributed by atoms with Gasteiger partial charge in [-0.15, -0.1) is 0 Å². The Kier molecular flexibility index (Phi) is 24.6. The molecule has 0 bridgehead atoms. The number of alkyl halides is 3. The van der Waals surface area contributed by atoms with Gasteiger partial charge in [-0.05, 0) is 204 Å². The van der Waals surface area contributed by atoms with Gasteiger partial charge in [0.1, 0.15) is 5.82 Å². The maximum Gasteiger partial charge on any atom is 0.416 e. The average molecular weight is 1670 g/mol. The lowest BCUT2D eigenvalue weighted by Crippen LogP contribution is -2.23. The van der Waals surface area contributed by atoms with Crippen LogP contribution < -0.4 is 19.6 Å². The van der Waals surface area contributed by atoms with Crippen LogP contribution in [0.3, 0.4) is 0 Å². The summed E-state index contributed by atoms with van der Waals surface area (Å²) in [5, 5.41) is 2.74. The van der Waals surface area contributed by atoms with Crippen LogP contribution in [-0.2, 0) is 46.3 Å². The van der Waals surface area contributed by atoms with Crippen molar-refractivity contribution >= 4 is 129 Å². The first-order chi connectivity index (χ1) is 55.5. The molecule has 7 aromatic carbocycles. The predicted octanol–water partition coefficient (Wildman–Crippen LogP) is 15.2. The van der Waals surface area contributed by atoms with Crippen molar-refractivity contribution in [2.24, 2.45) is 0 Å². The van der Waals surface area contributed by atoms with E-state index in [1.54, 1.807) is 117 Å². The molecule has 0 spiro atoms. The standard InChI is InChI=1S/C23H24F3N3O2S.C22H24FN3O2S.C22H25N3O2S.C21H24N4O2S/c1-27(2)18-5-4-6-19(14-18)32(30,31)29-15-21(16-9-11-28(3)12-10-16)20-13-17(23(24,25)26)7-8-22(20)29;1-24(2)18-5-4-6-19(14-18)29(27,28)26-15-21(16-9-11-25(3)12-10-16)20-13-17(23)7-8-22(20)26;1-23(2)18-7-6-8-19(15-18)28(26,27)25-16-21(17-11-13-24(3)14-12-17)20-9-4-5-10-22(20)25;1-23(2)17-6-4-7-18(14-17)28(26,27)25-15-20(16-9-12-24(3)13-10-16)19-8-5-11-22-21(19)25/h4-9,13-15H,10-12H2,1-3H3;4-9,13-15H,10-12H2,1-3H3;4-11,15-16H,12-14H2,1-3H3;4-9,11,14-15H,10,12-13H2,1-3H3. The quantitative estimate of drug-likeness (QED) is 0.0828. The minimum absolute atomic E-state index is 0.0735. The Labute approximate surface area is 683 Å². The summed E-state index contributed by atoms with van der Waals surface area (Å²) in [6.07, 6.45) is 15.4. The maximum absolute atomic E-state index is 14.0. The van der Waals surface area contributed by atoms with E-state index in [0.717, 1.165) is 137 Å². The number of nitrogens with zero attached hydrogens (tertiary/aromatic N) is 13. The van der Waals surface area contributed by atoms with Crippen molar-refractivity contribution in [2.75, 3.05) is 157 Å². The van der Waals surface area contributed by atoms with Crippen LogP contribution in [0.1, 0.15) is 53.5 Å². The van der Waals surface area contributed by atoms with Gasteiger partial charge in [0.25, 0.3) is 40.1 Å². The minimum Gasteiger partial charge on any atom is -0.378 e. The van der Waals surface area contributed by atoms with E-state index in [2.05, 4.69) is 56.9 Å². The molecule has 4 aliphatic rings. The van der Waals surface area contributed by atoms with Crippen molar-refractivity contribution in [1.29, 1.82) is 0 Å². The van der Waals surface area contributed by atoms with E-state index in [0.29, 0.717) is 51.2 Å². The van der Waals surface area contributed by atoms with Gasteiger partial charge in [-0.2, -0.15) is 13.2 Å². The van der Waals surface area contributed by atoms with Crippen LogP contribution in [0.4, 0.5) is 40.3 Å². The Balaban J connectivity index is 0.000000136. The first-order valence-electron chi connectivity index (χ1n) is 38.2. The second-order valence-electron chi connectivity index (χ2n) is 30.7. The zero-order valence-corrected chi connectivity index (χ0v) is 70.8. The number of rotatable bonds is 16. The molecule has 16 rings (SSSR count). The summed E-state index contributed by atoms with van der Waals surface area (Å²) in [4.78, 5) is 21.4. The summed E-state index contributed by atoms with van der Waals surface area (Å²) >= 11 is 0. The number of anilines is 4. The SMILES string of the molecule is CN1CC=C(c2cn(S(=O)(=O)c3cccc(N(C)C)c3)c3ccc(C(F)(F)F)cc23)CC1.CN1CC=C(c2cn(S(=O)(=O)c3cccc(N(C)C)c3)c3ccc(F)cc23)CC1.CN1CC=C(c2cn(S(=O)(=O)c3cccc(N(C)C)c3)c3ccccc23)CC1.CN1CC=C(c2cn(S(=O)(=O)c3cccc(N(C)C)c3)c3ncccc23)CC1. The Morgan fingerprint density at radius 3 is 1.02 bits per heavy atom. The normalized spacial score (nSPS) is 15.6. The molecular formula is C88H97F4N13O8S4. The zero-order valence-electron chi connectivity index (χ0n) is 67.6. The van der Waals surface area contributed by atoms with Crippen molar-refractivity contribution in [3.63, 3.8) is 0 Å². The number of pyridine rings is 1. The molecule has 21 nitrogen and oxygen atoms in total. The molecule has 0 radical (unpaired) electrons. The van der Waals surface area contributed by atoms with E-state index in [9.17, 15) is 51.2 Å². The first kappa shape index (κ1) is 84.3. The summed E-state index contributed by atoms with van der Waals surface area (Å²) in [5.41, 5.74) is 11.8. The fourth-order valence-corrected chi connectivity index (χ4v) is 20.3. The lowest BCUT2D eigenvalue weighted by Gasteiger charge is -2.21. The molecule has 4 aliphatic heterocycles. The molecule has 0 aliphatic carbocycles. The third kappa shape index (κ3) is 17.8. The van der Waals surface area contributed by atoms with E-state index >= 15 is 0 Å². The molecule has 5 aromatic heterocycles. The van der Waals surface area contributed by atoms with Gasteiger partial charge >= 0.3 is 6.18 Å². The van der Waals surface area contributed by atoms with Crippen molar-refractivity contribution in [1.82, 2.24) is 40.5 Å². The number of aromatic nitrogens is 5. The van der Waals surface area contributed by atoms with Gasteiger partial charge < -0.3 is 39.2 Å². The third-order valence-corrected chi connectivity index (χ3v) is 28.3. The monoisotopic (exact) mass is 1670 g/mol. The summed E-state index contributed by atoms with van der Waals surface area (Å²) in [5.74, 6) is -0.378. The first-order valence-corrected chi connectivity index (χ1v) is 44.0. The molecule has 0 unspecified atom stereocenters. The highest BCUT2D eigenvalue weighted by Gasteiger charge is 2.34. The molecule has 0 N–H and O–H groups in total. The van der Waals surface area contributed by atoms with Crippen LogP contribution in [0.25, 0.3) is 66.0 Å². The van der Waals surface area contributed by atoms with E-state index in [1.807, 2.05) is 132 Å². The second kappa shape index (κ2) is 34.1. The number of hydrogen-bond acceptors (Lipinski definition) is 17. The number of benzene rings is 7. The van der Waals surface area contributed by atoms with Crippen LogP contribution in [0, 0.1) is 5.82 Å². The summed E-state index contributed by atoms with van der Waals surface area (Å²) in [7, 11) is 7.79. The van der Waals surface area contributed by atoms with E-state index in [-0.39, 0.29) is 31.4 Å². The third-order valence-electron chi connectivity index (χ3n) is 21.6. The minimum atomic E-state index is -4.52. The van der Waals surface area contributed by atoms with Gasteiger partial charge in [-0.1, -0.05) is 66.8 Å². The van der Waals surface area contributed by atoms with Gasteiger partial charge in [0.05, 0.1) is 41.7 Å². The molecule has 0 atom stereocenters. The van der Waals surface area contributed by atoms with Gasteiger partial charge in [-0.25, -0.2) is 58.9 Å². The van der Waals surface area contributed by atoms with E-state index < -0.39 is 51.8 Å².